The Kier molecular flexibility index (Phi) is 4.44. The third-order valence-corrected chi connectivity index (χ3v) is 6.35. The molecule has 1 aliphatic rings. The van der Waals surface area contributed by atoms with E-state index in [4.69, 9.17) is 4.74 Å². The number of rotatable bonds is 5. The van der Waals surface area contributed by atoms with Crippen LogP contribution >= 0.6 is 0 Å². The van der Waals surface area contributed by atoms with E-state index < -0.39 is 10.0 Å². The van der Waals surface area contributed by atoms with Gasteiger partial charge in [0.2, 0.25) is 10.0 Å². The molecule has 3 heterocycles. The van der Waals surface area contributed by atoms with Crippen molar-refractivity contribution in [3.05, 3.63) is 48.0 Å². The van der Waals surface area contributed by atoms with E-state index in [-0.39, 0.29) is 12.3 Å². The Morgan fingerprint density at radius 1 is 1.22 bits per heavy atom. The van der Waals surface area contributed by atoms with Crippen LogP contribution in [0, 0.1) is 0 Å². The molecule has 0 bridgehead atoms. The Bertz CT molecular complexity index is 1070. The topological polar surface area (TPSA) is 95.1 Å². The van der Waals surface area contributed by atoms with E-state index in [2.05, 4.69) is 15.3 Å². The summed E-state index contributed by atoms with van der Waals surface area (Å²) in [6.07, 6.45) is 3.59. The molecule has 0 fully saturated rings. The van der Waals surface area contributed by atoms with Gasteiger partial charge in [0.15, 0.2) is 5.82 Å². The molecule has 3 aromatic rings. The summed E-state index contributed by atoms with van der Waals surface area (Å²) in [4.78, 5) is 0. The molecule has 0 atom stereocenters. The highest BCUT2D eigenvalue weighted by atomic mass is 32.2. The van der Waals surface area contributed by atoms with Crippen LogP contribution in [-0.2, 0) is 35.9 Å². The Morgan fingerprint density at radius 3 is 2.81 bits per heavy atom. The van der Waals surface area contributed by atoms with Gasteiger partial charge in [-0.3, -0.25) is 4.68 Å². The van der Waals surface area contributed by atoms with Crippen LogP contribution in [0.25, 0.3) is 11.4 Å². The number of aromatic nitrogens is 5. The van der Waals surface area contributed by atoms with Gasteiger partial charge in [0.1, 0.15) is 11.6 Å². The summed E-state index contributed by atoms with van der Waals surface area (Å²) in [6, 6.07) is 7.10. The van der Waals surface area contributed by atoms with E-state index in [1.807, 2.05) is 17.8 Å². The largest absolute Gasteiger partial charge is 0.497 e. The molecular weight excluding hydrogens is 368 g/mol. The lowest BCUT2D eigenvalue weighted by Crippen LogP contribution is -2.39. The van der Waals surface area contributed by atoms with Crippen molar-refractivity contribution in [1.29, 1.82) is 0 Å². The van der Waals surface area contributed by atoms with Crippen molar-refractivity contribution in [2.45, 2.75) is 18.8 Å². The Balaban J connectivity index is 1.54. The van der Waals surface area contributed by atoms with Crippen molar-refractivity contribution >= 4 is 10.0 Å². The minimum absolute atomic E-state index is 0.0756. The van der Waals surface area contributed by atoms with Crippen LogP contribution in [0.5, 0.6) is 5.75 Å². The molecule has 0 saturated carbocycles. The zero-order chi connectivity index (χ0) is 19.0. The molecular formula is C17H20N6O3S. The minimum atomic E-state index is -3.48. The Hall–Kier alpha value is -2.72. The van der Waals surface area contributed by atoms with Gasteiger partial charge in [0, 0.05) is 26.3 Å². The number of hydrogen-bond acceptors (Lipinski definition) is 6. The first-order valence-electron chi connectivity index (χ1n) is 8.48. The average molecular weight is 388 g/mol. The fourth-order valence-corrected chi connectivity index (χ4v) is 4.64. The van der Waals surface area contributed by atoms with Crippen molar-refractivity contribution in [3.63, 3.8) is 0 Å². The maximum Gasteiger partial charge on any atom is 0.218 e. The van der Waals surface area contributed by atoms with Crippen LogP contribution in [0.2, 0.25) is 0 Å². The van der Waals surface area contributed by atoms with Crippen molar-refractivity contribution in [2.75, 3.05) is 13.7 Å². The highest BCUT2D eigenvalue weighted by Gasteiger charge is 2.30. The molecule has 4 rings (SSSR count). The van der Waals surface area contributed by atoms with Crippen LogP contribution < -0.4 is 4.74 Å². The molecule has 1 aliphatic heterocycles. The predicted octanol–water partition coefficient (Wildman–Crippen LogP) is 1.03. The normalized spacial score (nSPS) is 14.9. The number of ether oxygens (including phenoxy) is 1. The molecule has 9 nitrogen and oxygen atoms in total. The van der Waals surface area contributed by atoms with Gasteiger partial charge in [-0.15, -0.1) is 10.2 Å². The minimum Gasteiger partial charge on any atom is -0.497 e. The Labute approximate surface area is 157 Å². The third kappa shape index (κ3) is 3.45. The van der Waals surface area contributed by atoms with Gasteiger partial charge in [0.05, 0.1) is 31.2 Å². The maximum atomic E-state index is 12.9. The van der Waals surface area contributed by atoms with Crippen LogP contribution in [-0.4, -0.2) is 50.9 Å². The highest BCUT2D eigenvalue weighted by Crippen LogP contribution is 2.24. The standard InChI is InChI=1S/C17H20N6O3S/c1-21-10-14(9-18-21)17-20-19-16-11-22(6-7-23(16)17)27(24,25)12-13-4-3-5-15(8-13)26-2/h3-5,8-10H,6-7,11-12H2,1-2H3. The fourth-order valence-electron chi connectivity index (χ4n) is 3.19. The highest BCUT2D eigenvalue weighted by molar-refractivity contribution is 7.88. The van der Waals surface area contributed by atoms with Crippen molar-refractivity contribution in [2.24, 2.45) is 7.05 Å². The SMILES string of the molecule is COc1cccc(CS(=O)(=O)N2CCn3c(nnc3-c3cnn(C)c3)C2)c1. The molecule has 142 valence electrons. The maximum absolute atomic E-state index is 12.9. The van der Waals surface area contributed by atoms with Crippen molar-refractivity contribution in [3.8, 4) is 17.1 Å². The summed E-state index contributed by atoms with van der Waals surface area (Å²) >= 11 is 0. The van der Waals surface area contributed by atoms with Crippen LogP contribution in [0.3, 0.4) is 0 Å². The van der Waals surface area contributed by atoms with Gasteiger partial charge in [-0.25, -0.2) is 8.42 Å². The Morgan fingerprint density at radius 2 is 2.07 bits per heavy atom. The second kappa shape index (κ2) is 6.78. The molecule has 0 amide bonds. The average Bonchev–Trinajstić information content (AvgIpc) is 3.26. The number of sulfonamides is 1. The van der Waals surface area contributed by atoms with Gasteiger partial charge in [-0.2, -0.15) is 9.40 Å². The molecule has 1 aromatic carbocycles. The number of fused-ring (bicyclic) bond motifs is 1. The molecule has 0 radical (unpaired) electrons. The van der Waals surface area contributed by atoms with Crippen LogP contribution in [0.1, 0.15) is 11.4 Å². The lowest BCUT2D eigenvalue weighted by atomic mass is 10.2. The number of benzene rings is 1. The zero-order valence-electron chi connectivity index (χ0n) is 15.1. The van der Waals surface area contributed by atoms with Crippen LogP contribution in [0.15, 0.2) is 36.7 Å². The molecule has 27 heavy (non-hydrogen) atoms. The summed E-state index contributed by atoms with van der Waals surface area (Å²) in [6.45, 7) is 1.09. The lowest BCUT2D eigenvalue weighted by Gasteiger charge is -2.27. The fraction of sp³-hybridized carbons (Fsp3) is 0.353. The first-order valence-corrected chi connectivity index (χ1v) is 10.1. The first-order chi connectivity index (χ1) is 13.0. The molecule has 10 heteroatoms. The van der Waals surface area contributed by atoms with E-state index in [1.54, 1.807) is 42.3 Å². The number of methoxy groups -OCH3 is 1. The van der Waals surface area contributed by atoms with Gasteiger partial charge in [-0.05, 0) is 17.7 Å². The first kappa shape index (κ1) is 17.7. The van der Waals surface area contributed by atoms with E-state index in [0.717, 1.165) is 5.56 Å². The number of hydrogen-bond donors (Lipinski definition) is 0. The lowest BCUT2D eigenvalue weighted by molar-refractivity contribution is 0.336. The van der Waals surface area contributed by atoms with E-state index >= 15 is 0 Å². The summed E-state index contributed by atoms with van der Waals surface area (Å²) in [5.74, 6) is 1.91. The number of nitrogens with zero attached hydrogens (tertiary/aromatic N) is 6. The molecule has 0 spiro atoms. The zero-order valence-corrected chi connectivity index (χ0v) is 15.9. The predicted molar refractivity (Wildman–Crippen MR) is 98.3 cm³/mol. The molecule has 0 saturated heterocycles. The van der Waals surface area contributed by atoms with E-state index in [0.29, 0.717) is 36.1 Å². The summed E-state index contributed by atoms with van der Waals surface area (Å²) < 4.78 is 36.0. The molecule has 0 aliphatic carbocycles. The summed E-state index contributed by atoms with van der Waals surface area (Å²) in [7, 11) is -0.0775. The van der Waals surface area contributed by atoms with Gasteiger partial charge < -0.3 is 9.30 Å². The third-order valence-electron chi connectivity index (χ3n) is 4.56. The van der Waals surface area contributed by atoms with Gasteiger partial charge in [-0.1, -0.05) is 12.1 Å². The monoisotopic (exact) mass is 388 g/mol. The van der Waals surface area contributed by atoms with Gasteiger partial charge >= 0.3 is 0 Å². The molecule has 0 unspecified atom stereocenters. The second-order valence-corrected chi connectivity index (χ2v) is 8.40. The quantitative estimate of drug-likeness (QED) is 0.648. The number of aryl methyl sites for hydroxylation is 1. The summed E-state index contributed by atoms with van der Waals surface area (Å²) in [5.41, 5.74) is 1.56. The summed E-state index contributed by atoms with van der Waals surface area (Å²) in [5, 5.41) is 12.6. The van der Waals surface area contributed by atoms with E-state index in [1.165, 1.54) is 4.31 Å². The second-order valence-electron chi connectivity index (χ2n) is 6.44. The smallest absolute Gasteiger partial charge is 0.218 e. The molecule has 0 N–H and O–H groups in total. The van der Waals surface area contributed by atoms with Crippen LogP contribution in [0.4, 0.5) is 0 Å². The van der Waals surface area contributed by atoms with Crippen molar-refractivity contribution in [1.82, 2.24) is 28.9 Å². The van der Waals surface area contributed by atoms with Crippen molar-refractivity contribution < 1.29 is 13.2 Å². The van der Waals surface area contributed by atoms with Gasteiger partial charge in [0.25, 0.3) is 0 Å². The molecule has 2 aromatic heterocycles. The van der Waals surface area contributed by atoms with E-state index in [9.17, 15) is 8.42 Å².